The summed E-state index contributed by atoms with van der Waals surface area (Å²) in [5, 5.41) is 0. The van der Waals surface area contributed by atoms with E-state index in [0.717, 1.165) is 12.8 Å². The lowest BCUT2D eigenvalue weighted by Gasteiger charge is -2.27. The van der Waals surface area contributed by atoms with E-state index in [9.17, 15) is 18.8 Å². The molecule has 2 rings (SSSR count). The number of rotatable bonds is 4. The predicted molar refractivity (Wildman–Crippen MR) is 79.5 cm³/mol. The first kappa shape index (κ1) is 16.9. The van der Waals surface area contributed by atoms with Gasteiger partial charge in [0.25, 0.3) is 5.91 Å². The van der Waals surface area contributed by atoms with Crippen LogP contribution in [0.2, 0.25) is 0 Å². The molecular weight excluding hydrogens is 303 g/mol. The van der Waals surface area contributed by atoms with Gasteiger partial charge in [0.1, 0.15) is 5.82 Å². The van der Waals surface area contributed by atoms with Crippen LogP contribution in [0.25, 0.3) is 0 Å². The first-order valence-corrected chi connectivity index (χ1v) is 7.43. The van der Waals surface area contributed by atoms with Gasteiger partial charge in [0, 0.05) is 12.5 Å². The lowest BCUT2D eigenvalue weighted by molar-refractivity contribution is -0.154. The second kappa shape index (κ2) is 7.21. The summed E-state index contributed by atoms with van der Waals surface area (Å²) in [5.74, 6) is -2.16. The fraction of sp³-hybridized carbons (Fsp3) is 0.438. The van der Waals surface area contributed by atoms with Crippen LogP contribution < -0.4 is 10.9 Å². The van der Waals surface area contributed by atoms with Crippen LogP contribution in [0.1, 0.15) is 38.2 Å². The average molecular weight is 322 g/mol. The predicted octanol–water partition coefficient (Wildman–Crippen LogP) is 1.35. The molecule has 1 aromatic carbocycles. The topological polar surface area (TPSA) is 84.5 Å². The zero-order valence-corrected chi connectivity index (χ0v) is 12.9. The van der Waals surface area contributed by atoms with Crippen molar-refractivity contribution in [2.24, 2.45) is 0 Å². The smallest absolute Gasteiger partial charge is 0.317 e. The van der Waals surface area contributed by atoms with E-state index in [1.54, 1.807) is 18.2 Å². The van der Waals surface area contributed by atoms with Crippen molar-refractivity contribution >= 4 is 17.8 Å². The highest BCUT2D eigenvalue weighted by Crippen LogP contribution is 2.43. The van der Waals surface area contributed by atoms with E-state index in [0.29, 0.717) is 18.4 Å². The molecule has 0 heterocycles. The summed E-state index contributed by atoms with van der Waals surface area (Å²) in [6, 6.07) is 6.13. The molecule has 124 valence electrons. The Morgan fingerprint density at radius 3 is 2.43 bits per heavy atom. The molecule has 6 nitrogen and oxygen atoms in total. The van der Waals surface area contributed by atoms with E-state index in [4.69, 9.17) is 4.74 Å². The second-order valence-electron chi connectivity index (χ2n) is 5.57. The third kappa shape index (κ3) is 3.85. The van der Waals surface area contributed by atoms with Crippen LogP contribution in [-0.4, -0.2) is 24.4 Å². The van der Waals surface area contributed by atoms with Crippen LogP contribution >= 0.6 is 0 Å². The summed E-state index contributed by atoms with van der Waals surface area (Å²) in [5.41, 5.74) is 3.47. The molecule has 1 aromatic rings. The molecule has 1 aliphatic rings. The average Bonchev–Trinajstić information content (AvgIpc) is 3.01. The van der Waals surface area contributed by atoms with Gasteiger partial charge in [-0.25, -0.2) is 4.39 Å². The van der Waals surface area contributed by atoms with E-state index in [2.05, 4.69) is 10.9 Å². The summed E-state index contributed by atoms with van der Waals surface area (Å²) in [7, 11) is 0. The Bertz CT molecular complexity index is 612. The Kier molecular flexibility index (Phi) is 5.31. The van der Waals surface area contributed by atoms with Crippen molar-refractivity contribution in [3.05, 3.63) is 35.6 Å². The number of carbonyl (C=O) groups excluding carboxylic acids is 3. The number of esters is 1. The number of hydrogen-bond donors (Lipinski definition) is 2. The van der Waals surface area contributed by atoms with Crippen LogP contribution in [0.5, 0.6) is 0 Å². The van der Waals surface area contributed by atoms with Crippen LogP contribution in [0.3, 0.4) is 0 Å². The zero-order chi connectivity index (χ0) is 16.9. The zero-order valence-electron chi connectivity index (χ0n) is 12.9. The van der Waals surface area contributed by atoms with Crippen LogP contribution in [0, 0.1) is 5.82 Å². The van der Waals surface area contributed by atoms with Gasteiger partial charge in [0.2, 0.25) is 5.91 Å². The van der Waals surface area contributed by atoms with Crippen LogP contribution in [0.15, 0.2) is 24.3 Å². The molecule has 0 atom stereocenters. The van der Waals surface area contributed by atoms with Crippen molar-refractivity contribution in [3.63, 3.8) is 0 Å². The van der Waals surface area contributed by atoms with Gasteiger partial charge in [0.15, 0.2) is 6.61 Å². The largest absolute Gasteiger partial charge is 0.455 e. The standard InChI is InChI=1S/C16H19FN2O4/c1-11(20)18-19-14(21)10-23-15(22)16(8-4-5-9-16)12-6-2-3-7-13(12)17/h2-3,6-7H,4-5,8-10H2,1H3,(H,18,20)(H,19,21). The molecule has 7 heteroatoms. The summed E-state index contributed by atoms with van der Waals surface area (Å²) < 4.78 is 19.2. The van der Waals surface area contributed by atoms with Gasteiger partial charge in [0.05, 0.1) is 5.41 Å². The Hall–Kier alpha value is -2.44. The number of amides is 2. The summed E-state index contributed by atoms with van der Waals surface area (Å²) in [6.45, 7) is 0.702. The SMILES string of the molecule is CC(=O)NNC(=O)COC(=O)C1(c2ccccc2F)CCCC1. The fourth-order valence-corrected chi connectivity index (χ4v) is 2.87. The van der Waals surface area contributed by atoms with E-state index in [1.165, 1.54) is 13.0 Å². The molecule has 0 spiro atoms. The van der Waals surface area contributed by atoms with Crippen molar-refractivity contribution in [3.8, 4) is 0 Å². The summed E-state index contributed by atoms with van der Waals surface area (Å²) in [4.78, 5) is 34.7. The molecule has 2 amide bonds. The van der Waals surface area contributed by atoms with Crippen LogP contribution in [0.4, 0.5) is 4.39 Å². The highest BCUT2D eigenvalue weighted by molar-refractivity contribution is 5.87. The first-order valence-electron chi connectivity index (χ1n) is 7.43. The number of nitrogens with one attached hydrogen (secondary N) is 2. The first-order chi connectivity index (χ1) is 11.0. The van der Waals surface area contributed by atoms with Crippen molar-refractivity contribution in [2.45, 2.75) is 38.0 Å². The third-order valence-corrected chi connectivity index (χ3v) is 3.95. The number of hydrazine groups is 1. The lowest BCUT2D eigenvalue weighted by atomic mass is 9.78. The minimum Gasteiger partial charge on any atom is -0.455 e. The minimum atomic E-state index is -1.04. The number of halogens is 1. The minimum absolute atomic E-state index is 0.310. The molecule has 0 aliphatic heterocycles. The quantitative estimate of drug-likeness (QED) is 0.647. The van der Waals surface area contributed by atoms with Crippen molar-refractivity contribution in [2.75, 3.05) is 6.61 Å². The molecule has 0 unspecified atom stereocenters. The number of hydrogen-bond acceptors (Lipinski definition) is 4. The molecular formula is C16H19FN2O4. The van der Waals surface area contributed by atoms with Gasteiger partial charge < -0.3 is 4.74 Å². The normalized spacial score (nSPS) is 15.7. The summed E-state index contributed by atoms with van der Waals surface area (Å²) in [6.07, 6.45) is 2.56. The molecule has 2 N–H and O–H groups in total. The maximum absolute atomic E-state index is 14.1. The molecule has 0 bridgehead atoms. The maximum Gasteiger partial charge on any atom is 0.317 e. The van der Waals surface area contributed by atoms with E-state index in [1.807, 2.05) is 0 Å². The molecule has 0 aromatic heterocycles. The molecule has 1 saturated carbocycles. The highest BCUT2D eigenvalue weighted by atomic mass is 19.1. The molecule has 0 saturated heterocycles. The molecule has 23 heavy (non-hydrogen) atoms. The molecule has 1 aliphatic carbocycles. The van der Waals surface area contributed by atoms with E-state index in [-0.39, 0.29) is 0 Å². The van der Waals surface area contributed by atoms with Gasteiger partial charge in [-0.3, -0.25) is 25.2 Å². The Morgan fingerprint density at radius 1 is 1.17 bits per heavy atom. The van der Waals surface area contributed by atoms with Crippen molar-refractivity contribution in [1.82, 2.24) is 10.9 Å². The third-order valence-electron chi connectivity index (χ3n) is 3.95. The van der Waals surface area contributed by atoms with Crippen molar-refractivity contribution in [1.29, 1.82) is 0 Å². The monoisotopic (exact) mass is 322 g/mol. The summed E-state index contributed by atoms with van der Waals surface area (Å²) >= 11 is 0. The Balaban J connectivity index is 2.07. The fourth-order valence-electron chi connectivity index (χ4n) is 2.87. The van der Waals surface area contributed by atoms with Crippen LogP contribution in [-0.2, 0) is 24.5 Å². The lowest BCUT2D eigenvalue weighted by Crippen LogP contribution is -2.44. The van der Waals surface area contributed by atoms with Gasteiger partial charge in [-0.05, 0) is 18.9 Å². The van der Waals surface area contributed by atoms with E-state index < -0.39 is 35.6 Å². The van der Waals surface area contributed by atoms with E-state index >= 15 is 0 Å². The number of carbonyl (C=O) groups is 3. The highest BCUT2D eigenvalue weighted by Gasteiger charge is 2.45. The second-order valence-corrected chi connectivity index (χ2v) is 5.57. The Labute approximate surface area is 133 Å². The van der Waals surface area contributed by atoms with Gasteiger partial charge in [-0.1, -0.05) is 31.0 Å². The maximum atomic E-state index is 14.1. The van der Waals surface area contributed by atoms with Gasteiger partial charge in [-0.2, -0.15) is 0 Å². The Morgan fingerprint density at radius 2 is 1.83 bits per heavy atom. The van der Waals surface area contributed by atoms with Gasteiger partial charge in [-0.15, -0.1) is 0 Å². The molecule has 1 fully saturated rings. The van der Waals surface area contributed by atoms with Gasteiger partial charge >= 0.3 is 5.97 Å². The molecule has 0 radical (unpaired) electrons. The van der Waals surface area contributed by atoms with Crippen molar-refractivity contribution < 1.29 is 23.5 Å². The number of ether oxygens (including phenoxy) is 1. The number of benzene rings is 1.